The molecule has 1 amide bonds. The van der Waals surface area contributed by atoms with Gasteiger partial charge in [-0.2, -0.15) is 0 Å². The molecule has 1 aromatic rings. The number of rotatable bonds is 8. The number of aliphatic imine (C=N–C) groups is 1. The maximum Gasteiger partial charge on any atom is 0.221 e. The van der Waals surface area contributed by atoms with Gasteiger partial charge in [0.05, 0.1) is 0 Å². The second-order valence-corrected chi connectivity index (χ2v) is 5.12. The number of hydrogen-bond acceptors (Lipinski definition) is 3. The highest BCUT2D eigenvalue weighted by atomic mass is 16.1. The molecule has 0 spiro atoms. The highest BCUT2D eigenvalue weighted by Crippen LogP contribution is 1.93. The molecule has 0 aliphatic rings. The first kappa shape index (κ1) is 17.9. The second kappa shape index (κ2) is 10.6. The summed E-state index contributed by atoms with van der Waals surface area (Å²) in [6, 6.07) is 6.10. The number of amides is 1. The van der Waals surface area contributed by atoms with Crippen molar-refractivity contribution in [1.82, 2.24) is 20.9 Å². The van der Waals surface area contributed by atoms with E-state index in [0.29, 0.717) is 18.9 Å². The van der Waals surface area contributed by atoms with Gasteiger partial charge in [0.15, 0.2) is 5.96 Å². The zero-order chi connectivity index (χ0) is 16.2. The largest absolute Gasteiger partial charge is 0.356 e. The number of guanidine groups is 1. The molecule has 0 radical (unpaired) electrons. The minimum atomic E-state index is 0.0609. The summed E-state index contributed by atoms with van der Waals surface area (Å²) in [5.41, 5.74) is 1.04. The molecule has 0 aliphatic heterocycles. The van der Waals surface area contributed by atoms with Gasteiger partial charge in [0.2, 0.25) is 5.91 Å². The predicted molar refractivity (Wildman–Crippen MR) is 89.8 cm³/mol. The number of aromatic nitrogens is 1. The number of pyridine rings is 1. The van der Waals surface area contributed by atoms with Crippen LogP contribution in [0.3, 0.4) is 0 Å². The van der Waals surface area contributed by atoms with Gasteiger partial charge in [0, 0.05) is 50.9 Å². The summed E-state index contributed by atoms with van der Waals surface area (Å²) in [4.78, 5) is 20.1. The van der Waals surface area contributed by atoms with Crippen molar-refractivity contribution in [1.29, 1.82) is 0 Å². The molecule has 0 fully saturated rings. The zero-order valence-corrected chi connectivity index (χ0v) is 13.7. The van der Waals surface area contributed by atoms with E-state index < -0.39 is 0 Å². The van der Waals surface area contributed by atoms with Gasteiger partial charge < -0.3 is 16.0 Å². The summed E-state index contributed by atoms with van der Waals surface area (Å²) in [6.45, 7) is 5.36. The summed E-state index contributed by atoms with van der Waals surface area (Å²) >= 11 is 0. The molecule has 0 saturated heterocycles. The van der Waals surface area contributed by atoms with Crippen molar-refractivity contribution in [3.8, 4) is 0 Å². The average Bonchev–Trinajstić information content (AvgIpc) is 2.54. The van der Waals surface area contributed by atoms with E-state index in [0.717, 1.165) is 25.1 Å². The zero-order valence-electron chi connectivity index (χ0n) is 13.7. The molecule has 0 bridgehead atoms. The number of carbonyl (C=O) groups is 1. The van der Waals surface area contributed by atoms with E-state index in [2.05, 4.69) is 32.9 Å². The minimum Gasteiger partial charge on any atom is -0.356 e. The van der Waals surface area contributed by atoms with Crippen molar-refractivity contribution in [2.45, 2.75) is 39.2 Å². The van der Waals surface area contributed by atoms with E-state index >= 15 is 0 Å². The van der Waals surface area contributed by atoms with Crippen molar-refractivity contribution in [3.05, 3.63) is 30.1 Å². The standard InChI is InChI=1S/C16H27N5O/c1-4-13(2)21-15(22)9-12-20-16(17-3)19-11-8-14-7-5-6-10-18-14/h5-7,10,13H,4,8-9,11-12H2,1-3H3,(H,21,22)(H2,17,19,20). The molecule has 1 unspecified atom stereocenters. The Balaban J connectivity index is 2.18. The van der Waals surface area contributed by atoms with Gasteiger partial charge in [-0.25, -0.2) is 0 Å². The van der Waals surface area contributed by atoms with Gasteiger partial charge in [-0.3, -0.25) is 14.8 Å². The summed E-state index contributed by atoms with van der Waals surface area (Å²) in [5, 5.41) is 9.28. The molecular weight excluding hydrogens is 278 g/mol. The molecule has 22 heavy (non-hydrogen) atoms. The van der Waals surface area contributed by atoms with Crippen LogP contribution in [0, 0.1) is 0 Å². The number of nitrogens with zero attached hydrogens (tertiary/aromatic N) is 2. The Morgan fingerprint density at radius 2 is 2.09 bits per heavy atom. The summed E-state index contributed by atoms with van der Waals surface area (Å²) in [5.74, 6) is 0.762. The Kier molecular flexibility index (Phi) is 8.64. The van der Waals surface area contributed by atoms with Crippen molar-refractivity contribution in [2.24, 2.45) is 4.99 Å². The van der Waals surface area contributed by atoms with Crippen LogP contribution in [0.25, 0.3) is 0 Å². The first-order valence-electron chi connectivity index (χ1n) is 7.79. The lowest BCUT2D eigenvalue weighted by Gasteiger charge is -2.13. The van der Waals surface area contributed by atoms with Crippen LogP contribution in [0.5, 0.6) is 0 Å². The highest BCUT2D eigenvalue weighted by molar-refractivity contribution is 5.81. The quantitative estimate of drug-likeness (QED) is 0.496. The van der Waals surface area contributed by atoms with Crippen LogP contribution in [0.1, 0.15) is 32.4 Å². The van der Waals surface area contributed by atoms with Crippen LogP contribution < -0.4 is 16.0 Å². The van der Waals surface area contributed by atoms with Crippen LogP contribution >= 0.6 is 0 Å². The second-order valence-electron chi connectivity index (χ2n) is 5.12. The predicted octanol–water partition coefficient (Wildman–Crippen LogP) is 1.09. The SMILES string of the molecule is CCC(C)NC(=O)CCNC(=NC)NCCc1ccccn1. The first-order valence-corrected chi connectivity index (χ1v) is 7.79. The fourth-order valence-electron chi connectivity index (χ4n) is 1.82. The average molecular weight is 305 g/mol. The van der Waals surface area contributed by atoms with E-state index in [4.69, 9.17) is 0 Å². The third kappa shape index (κ3) is 7.61. The van der Waals surface area contributed by atoms with Gasteiger partial charge >= 0.3 is 0 Å². The Morgan fingerprint density at radius 1 is 1.32 bits per heavy atom. The molecule has 3 N–H and O–H groups in total. The molecule has 1 rings (SSSR count). The monoisotopic (exact) mass is 305 g/mol. The van der Waals surface area contributed by atoms with Crippen LogP contribution in [-0.4, -0.2) is 43.0 Å². The molecule has 1 atom stereocenters. The van der Waals surface area contributed by atoms with Crippen molar-refractivity contribution in [3.63, 3.8) is 0 Å². The Morgan fingerprint density at radius 3 is 2.73 bits per heavy atom. The lowest BCUT2D eigenvalue weighted by Crippen LogP contribution is -2.41. The number of carbonyl (C=O) groups excluding carboxylic acids is 1. The van der Waals surface area contributed by atoms with Crippen LogP contribution in [0.2, 0.25) is 0 Å². The normalized spacial score (nSPS) is 12.6. The highest BCUT2D eigenvalue weighted by Gasteiger charge is 2.05. The number of hydrogen-bond donors (Lipinski definition) is 3. The molecule has 0 saturated carbocycles. The Bertz CT molecular complexity index is 461. The van der Waals surface area contributed by atoms with E-state index in [1.54, 1.807) is 13.2 Å². The third-order valence-corrected chi connectivity index (χ3v) is 3.29. The molecule has 6 nitrogen and oxygen atoms in total. The van der Waals surface area contributed by atoms with Crippen LogP contribution in [0.4, 0.5) is 0 Å². The lowest BCUT2D eigenvalue weighted by molar-refractivity contribution is -0.121. The molecule has 0 aliphatic carbocycles. The maximum atomic E-state index is 11.7. The van der Waals surface area contributed by atoms with Crippen LogP contribution in [0.15, 0.2) is 29.4 Å². The van der Waals surface area contributed by atoms with Gasteiger partial charge in [-0.15, -0.1) is 0 Å². The summed E-state index contributed by atoms with van der Waals surface area (Å²) in [6.07, 6.45) is 4.00. The molecule has 122 valence electrons. The Hall–Kier alpha value is -2.11. The van der Waals surface area contributed by atoms with E-state index in [9.17, 15) is 4.79 Å². The van der Waals surface area contributed by atoms with Gasteiger partial charge in [0.1, 0.15) is 0 Å². The van der Waals surface area contributed by atoms with E-state index in [1.807, 2.05) is 25.1 Å². The molecule has 1 heterocycles. The van der Waals surface area contributed by atoms with Crippen LogP contribution in [-0.2, 0) is 11.2 Å². The smallest absolute Gasteiger partial charge is 0.221 e. The van der Waals surface area contributed by atoms with E-state index in [-0.39, 0.29) is 11.9 Å². The van der Waals surface area contributed by atoms with Gasteiger partial charge in [0.25, 0.3) is 0 Å². The molecule has 0 aromatic carbocycles. The van der Waals surface area contributed by atoms with Gasteiger partial charge in [-0.1, -0.05) is 13.0 Å². The minimum absolute atomic E-state index is 0.0609. The Labute approximate surface area is 132 Å². The van der Waals surface area contributed by atoms with Crippen molar-refractivity contribution in [2.75, 3.05) is 20.1 Å². The topological polar surface area (TPSA) is 78.4 Å². The van der Waals surface area contributed by atoms with Crippen molar-refractivity contribution < 1.29 is 4.79 Å². The molecular formula is C16H27N5O. The summed E-state index contributed by atoms with van der Waals surface area (Å²) < 4.78 is 0. The first-order chi connectivity index (χ1) is 10.7. The van der Waals surface area contributed by atoms with Gasteiger partial charge in [-0.05, 0) is 25.5 Å². The fraction of sp³-hybridized carbons (Fsp3) is 0.562. The fourth-order valence-corrected chi connectivity index (χ4v) is 1.82. The van der Waals surface area contributed by atoms with Crippen molar-refractivity contribution >= 4 is 11.9 Å². The maximum absolute atomic E-state index is 11.7. The lowest BCUT2D eigenvalue weighted by atomic mass is 10.2. The number of nitrogens with one attached hydrogen (secondary N) is 3. The van der Waals surface area contributed by atoms with E-state index in [1.165, 1.54) is 0 Å². The molecule has 1 aromatic heterocycles. The summed E-state index contributed by atoms with van der Waals surface area (Å²) in [7, 11) is 1.72. The third-order valence-electron chi connectivity index (χ3n) is 3.29. The molecule has 6 heteroatoms.